The Morgan fingerprint density at radius 2 is 1.80 bits per heavy atom. The van der Waals surface area contributed by atoms with E-state index in [2.05, 4.69) is 0 Å². The van der Waals surface area contributed by atoms with Crippen LogP contribution in [0.25, 0.3) is 0 Å². The molecule has 13 nitrogen and oxygen atoms in total. The van der Waals surface area contributed by atoms with Gasteiger partial charge in [-0.2, -0.15) is 0 Å². The Kier molecular flexibility index (Phi) is 12.5. The number of allylic oxidation sites excluding steroid dienone is 6. The third-order valence-corrected chi connectivity index (χ3v) is 11.7. The van der Waals surface area contributed by atoms with Crippen molar-refractivity contribution < 1.29 is 57.9 Å². The second kappa shape index (κ2) is 15.9. The summed E-state index contributed by atoms with van der Waals surface area (Å²) in [5, 5.41) is 23.3. The van der Waals surface area contributed by atoms with Gasteiger partial charge >= 0.3 is 22.4 Å². The highest BCUT2D eigenvalue weighted by atomic mass is 127. The van der Waals surface area contributed by atoms with Crippen molar-refractivity contribution in [2.45, 2.75) is 94.7 Å². The molecule has 4 aliphatic rings. The van der Waals surface area contributed by atoms with Gasteiger partial charge in [-0.3, -0.25) is 14.4 Å². The molecule has 3 unspecified atom stereocenters. The summed E-state index contributed by atoms with van der Waals surface area (Å²) >= 11 is 1.50. The van der Waals surface area contributed by atoms with Gasteiger partial charge in [0.1, 0.15) is 11.7 Å². The molecule has 0 aromatic heterocycles. The summed E-state index contributed by atoms with van der Waals surface area (Å²) < 4.78 is 18.7. The van der Waals surface area contributed by atoms with Gasteiger partial charge in [0.15, 0.2) is 12.4 Å². The summed E-state index contributed by atoms with van der Waals surface area (Å²) in [4.78, 5) is 73.8. The first-order valence-electron chi connectivity index (χ1n) is 16.8. The molecule has 0 aliphatic heterocycles. The minimum Gasteiger partial charge on any atom is -0.454 e. The number of alkyl halides is 1. The number of carbonyl (C=O) groups is 6. The van der Waals surface area contributed by atoms with Crippen LogP contribution < -0.4 is 5.73 Å². The van der Waals surface area contributed by atoms with E-state index in [-0.39, 0.29) is 48.7 Å². The van der Waals surface area contributed by atoms with Crippen LogP contribution >= 0.6 is 22.6 Å². The lowest BCUT2D eigenvalue weighted by molar-refractivity contribution is -0.180. The van der Waals surface area contributed by atoms with E-state index in [4.69, 9.17) is 24.7 Å². The Bertz CT molecular complexity index is 1500. The van der Waals surface area contributed by atoms with Gasteiger partial charge in [0.05, 0.1) is 12.5 Å². The normalized spacial score (nSPS) is 33.3. The number of aliphatic hydroxyl groups is 2. The van der Waals surface area contributed by atoms with E-state index < -0.39 is 69.3 Å². The second-order valence-corrected chi connectivity index (χ2v) is 15.2. The molecule has 3 fully saturated rings. The molecular weight excluding hydrogens is 765 g/mol. The predicted molar refractivity (Wildman–Crippen MR) is 186 cm³/mol. The smallest absolute Gasteiger partial charge is 0.454 e. The number of nitrogens with two attached hydrogens (primary N) is 1. The Hall–Kier alpha value is -3.37. The molecule has 0 saturated heterocycles. The number of ketones is 2. The number of hydrogen-bond acceptors (Lipinski definition) is 12. The van der Waals surface area contributed by atoms with Crippen molar-refractivity contribution in [1.29, 1.82) is 0 Å². The highest BCUT2D eigenvalue weighted by Crippen LogP contribution is 2.67. The Labute approximate surface area is 304 Å². The zero-order valence-corrected chi connectivity index (χ0v) is 30.8. The van der Waals surface area contributed by atoms with E-state index in [1.165, 1.54) is 22.6 Å². The summed E-state index contributed by atoms with van der Waals surface area (Å²) in [6, 6.07) is 0. The van der Waals surface area contributed by atoms with Gasteiger partial charge in [0.2, 0.25) is 11.7 Å². The van der Waals surface area contributed by atoms with Gasteiger partial charge in [0, 0.05) is 51.5 Å². The number of carbonyl (C=O) groups excluding carboxylic acids is 6. The fourth-order valence-electron chi connectivity index (χ4n) is 8.67. The van der Waals surface area contributed by atoms with Gasteiger partial charge in [-0.05, 0) is 75.4 Å². The quantitative estimate of drug-likeness (QED) is 0.0461. The van der Waals surface area contributed by atoms with E-state index in [9.17, 15) is 39.0 Å². The molecule has 4 aliphatic carbocycles. The fourth-order valence-corrected chi connectivity index (χ4v) is 9.13. The van der Waals surface area contributed by atoms with Crippen LogP contribution in [0, 0.1) is 34.5 Å². The monoisotopic (exact) mass is 811 g/mol. The molecule has 4 rings (SSSR count). The van der Waals surface area contributed by atoms with Crippen molar-refractivity contribution in [3.63, 3.8) is 0 Å². The minimum atomic E-state index is -1.84. The average Bonchev–Trinajstić information content (AvgIpc) is 3.31. The van der Waals surface area contributed by atoms with Crippen molar-refractivity contribution in [2.24, 2.45) is 40.2 Å². The number of amides is 1. The molecule has 0 spiro atoms. The van der Waals surface area contributed by atoms with Crippen LogP contribution in [0.2, 0.25) is 0 Å². The summed E-state index contributed by atoms with van der Waals surface area (Å²) in [6.45, 7) is 6.70. The Balaban J connectivity index is 1.28. The first-order chi connectivity index (χ1) is 23.4. The van der Waals surface area contributed by atoms with Crippen LogP contribution in [0.3, 0.4) is 0 Å². The molecule has 0 heterocycles. The van der Waals surface area contributed by atoms with Crippen molar-refractivity contribution in [2.75, 3.05) is 6.61 Å². The molecule has 0 aromatic rings. The Morgan fingerprint density at radius 3 is 2.48 bits per heavy atom. The third kappa shape index (κ3) is 8.23. The standard InChI is InChI=1S/C36H46INO12/c1-5-6-7-20(2)26(17-28(38)42)48-33(45)50-32(37)49-30(44)11-10-29(43)47-19-27(41)36(46)15-13-24-23-9-8-21-16-22(39)12-14-34(21,3)31(23)25(40)18-35(24,36)4/h5-6,10-12,14,16,20,23-26,31-32,40,46H,7-9,13,15,17-19H2,1-4H3,(H2,38,42)/b6-5+,11-10+/t20-,23?,24?,25+,26+,31?,32-,34+,35+,36+/m1/s1. The SMILES string of the molecule is C/C=C/C[C@@H](C)[C@H](CC(N)=O)OC(=O)O[C@H](I)OC(=O)/C=C/C(=O)OCC(=O)[C@@]1(O)CCC2C3CCC4=CC(=O)C=C[C@]4(C)C3[C@@H](O)C[C@@]21C. The van der Waals surface area contributed by atoms with Crippen LogP contribution in [0.15, 0.2) is 48.1 Å². The van der Waals surface area contributed by atoms with Crippen LogP contribution in [0.4, 0.5) is 4.79 Å². The molecule has 0 aromatic carbocycles. The largest absolute Gasteiger partial charge is 0.512 e. The highest BCUT2D eigenvalue weighted by Gasteiger charge is 2.68. The van der Waals surface area contributed by atoms with Gasteiger partial charge in [-0.25, -0.2) is 14.4 Å². The molecule has 0 radical (unpaired) electrons. The van der Waals surface area contributed by atoms with Gasteiger partial charge in [-0.15, -0.1) is 0 Å². The number of ether oxygens (including phenoxy) is 4. The van der Waals surface area contributed by atoms with E-state index in [1.807, 2.05) is 39.0 Å². The lowest BCUT2D eigenvalue weighted by Gasteiger charge is -2.59. The summed E-state index contributed by atoms with van der Waals surface area (Å²) in [5.41, 5.74) is 2.96. The molecule has 1 amide bonds. The summed E-state index contributed by atoms with van der Waals surface area (Å²) in [6.07, 6.45) is 9.88. The maximum absolute atomic E-state index is 13.5. The average molecular weight is 812 g/mol. The number of esters is 2. The van der Waals surface area contributed by atoms with Gasteiger partial charge in [-0.1, -0.05) is 44.6 Å². The maximum Gasteiger partial charge on any atom is 0.512 e. The minimum absolute atomic E-state index is 0.0120. The van der Waals surface area contributed by atoms with Gasteiger partial charge < -0.3 is 34.9 Å². The van der Waals surface area contributed by atoms with Crippen molar-refractivity contribution >= 4 is 58.2 Å². The first-order valence-corrected chi connectivity index (χ1v) is 18.0. The molecule has 3 saturated carbocycles. The summed E-state index contributed by atoms with van der Waals surface area (Å²) in [5.74, 6) is -4.03. The van der Waals surface area contributed by atoms with E-state index in [0.717, 1.165) is 24.1 Å². The molecule has 274 valence electrons. The predicted octanol–water partition coefficient (Wildman–Crippen LogP) is 3.93. The number of primary amides is 1. The third-order valence-electron chi connectivity index (χ3n) is 11.2. The zero-order valence-electron chi connectivity index (χ0n) is 28.7. The van der Waals surface area contributed by atoms with Crippen LogP contribution in [-0.2, 0) is 42.9 Å². The van der Waals surface area contributed by atoms with Crippen molar-refractivity contribution in [3.8, 4) is 0 Å². The van der Waals surface area contributed by atoms with Crippen LogP contribution in [0.1, 0.15) is 72.6 Å². The number of aliphatic hydroxyl groups excluding tert-OH is 1. The fraction of sp³-hybridized carbons (Fsp3) is 0.611. The first kappa shape index (κ1) is 39.4. The number of Topliss-reactive ketones (excluding diaryl/α,β-unsaturated/α-hetero) is 1. The van der Waals surface area contributed by atoms with E-state index >= 15 is 0 Å². The van der Waals surface area contributed by atoms with Crippen LogP contribution in [-0.4, -0.2) is 74.5 Å². The van der Waals surface area contributed by atoms with Crippen molar-refractivity contribution in [3.05, 3.63) is 48.1 Å². The van der Waals surface area contributed by atoms with E-state index in [0.29, 0.717) is 19.3 Å². The van der Waals surface area contributed by atoms with Gasteiger partial charge in [0.25, 0.3) is 0 Å². The molecule has 50 heavy (non-hydrogen) atoms. The number of rotatable bonds is 13. The lowest BCUT2D eigenvalue weighted by Crippen LogP contribution is -2.61. The molecule has 14 heteroatoms. The van der Waals surface area contributed by atoms with Crippen LogP contribution in [0.5, 0.6) is 0 Å². The van der Waals surface area contributed by atoms with E-state index in [1.54, 1.807) is 19.1 Å². The molecule has 0 bridgehead atoms. The molecule has 4 N–H and O–H groups in total. The maximum atomic E-state index is 13.5. The highest BCUT2D eigenvalue weighted by molar-refractivity contribution is 14.1. The molecular formula is C36H46INO12. The number of fused-ring (bicyclic) bond motifs is 5. The number of hydrogen-bond donors (Lipinski definition) is 3. The summed E-state index contributed by atoms with van der Waals surface area (Å²) in [7, 11) is 0. The molecule has 10 atom stereocenters. The zero-order chi connectivity index (χ0) is 37.0. The Morgan fingerprint density at radius 1 is 1.10 bits per heavy atom. The van der Waals surface area contributed by atoms with Crippen molar-refractivity contribution in [1.82, 2.24) is 0 Å². The second-order valence-electron chi connectivity index (χ2n) is 14.2. The topological polar surface area (TPSA) is 206 Å². The number of halogens is 1. The lowest BCUT2D eigenvalue weighted by atomic mass is 9.46.